The average molecular weight is 381 g/mol. The van der Waals surface area contributed by atoms with Gasteiger partial charge in [-0.2, -0.15) is 0 Å². The molecule has 0 amide bonds. The van der Waals surface area contributed by atoms with E-state index in [4.69, 9.17) is 16.0 Å². The highest BCUT2D eigenvalue weighted by atomic mass is 35.5. The Morgan fingerprint density at radius 3 is 2.32 bits per heavy atom. The molecule has 0 saturated carbocycles. The molecule has 1 aliphatic carbocycles. The lowest BCUT2D eigenvalue weighted by molar-refractivity contribution is 0.131. The summed E-state index contributed by atoms with van der Waals surface area (Å²) in [6, 6.07) is 7.96. The summed E-state index contributed by atoms with van der Waals surface area (Å²) < 4.78 is 6.50. The number of hydrogen-bond acceptors (Lipinski definition) is 2. The molecule has 0 spiro atoms. The van der Waals surface area contributed by atoms with Crippen molar-refractivity contribution in [1.82, 2.24) is 0 Å². The second-order valence-corrected chi connectivity index (χ2v) is 14.5. The summed E-state index contributed by atoms with van der Waals surface area (Å²) in [6.07, 6.45) is 2.97. The molecule has 1 aliphatic rings. The van der Waals surface area contributed by atoms with Gasteiger partial charge in [0.2, 0.25) is 0 Å². The first kappa shape index (κ1) is 20.7. The third kappa shape index (κ3) is 4.97. The molecule has 1 aromatic rings. The molecule has 1 unspecified atom stereocenters. The van der Waals surface area contributed by atoms with Gasteiger partial charge in [0.1, 0.15) is 0 Å². The minimum absolute atomic E-state index is 0.101. The Morgan fingerprint density at radius 1 is 1.20 bits per heavy atom. The summed E-state index contributed by atoms with van der Waals surface area (Å²) in [7, 11) is -1.75. The third-order valence-electron chi connectivity index (χ3n) is 6.02. The van der Waals surface area contributed by atoms with Gasteiger partial charge in [-0.05, 0) is 71.7 Å². The number of rotatable bonds is 5. The zero-order valence-corrected chi connectivity index (χ0v) is 18.3. The molecule has 1 aromatic carbocycles. The number of aliphatic hydroxyl groups is 1. The Balaban J connectivity index is 2.15. The Bertz CT molecular complexity index is 628. The first-order chi connectivity index (χ1) is 11.5. The summed E-state index contributed by atoms with van der Waals surface area (Å²) >= 11 is 6.01. The van der Waals surface area contributed by atoms with Crippen LogP contribution < -0.4 is 0 Å². The molecule has 0 fully saturated rings. The highest BCUT2D eigenvalue weighted by Crippen LogP contribution is 2.45. The van der Waals surface area contributed by atoms with Crippen molar-refractivity contribution in [2.75, 3.05) is 13.2 Å². The molecule has 4 heteroatoms. The molecular formula is C21H33ClO2Si. The fraction of sp³-hybridized carbons (Fsp3) is 0.619. The maximum Gasteiger partial charge on any atom is 0.192 e. The van der Waals surface area contributed by atoms with E-state index in [-0.39, 0.29) is 17.1 Å². The lowest BCUT2D eigenvalue weighted by atomic mass is 9.72. The number of benzene rings is 1. The van der Waals surface area contributed by atoms with E-state index in [0.717, 1.165) is 36.5 Å². The van der Waals surface area contributed by atoms with Crippen LogP contribution in [-0.4, -0.2) is 26.6 Å². The van der Waals surface area contributed by atoms with Crippen molar-refractivity contribution < 1.29 is 9.53 Å². The fourth-order valence-electron chi connectivity index (χ4n) is 3.16. The van der Waals surface area contributed by atoms with E-state index in [0.29, 0.717) is 0 Å². The molecule has 1 atom stereocenters. The van der Waals surface area contributed by atoms with Gasteiger partial charge in [0.25, 0.3) is 0 Å². The van der Waals surface area contributed by atoms with Gasteiger partial charge < -0.3 is 9.53 Å². The van der Waals surface area contributed by atoms with Crippen LogP contribution in [0.3, 0.4) is 0 Å². The topological polar surface area (TPSA) is 29.5 Å². The van der Waals surface area contributed by atoms with Crippen LogP contribution in [0.2, 0.25) is 23.2 Å². The van der Waals surface area contributed by atoms with Crippen molar-refractivity contribution in [3.63, 3.8) is 0 Å². The maximum absolute atomic E-state index is 9.95. The standard InChI is InChI=1S/C21H33ClO2Si/c1-20(2,3)25(5,6)24-15-21(4)12-11-19(17(13-21)14-23)16-7-9-18(22)10-8-16/h7-10,23H,11-15H2,1-6H3. The summed E-state index contributed by atoms with van der Waals surface area (Å²) in [5, 5.41) is 10.9. The molecule has 2 nitrogen and oxygen atoms in total. The molecule has 2 rings (SSSR count). The summed E-state index contributed by atoms with van der Waals surface area (Å²) in [4.78, 5) is 0. The molecule has 0 radical (unpaired) electrons. The van der Waals surface area contributed by atoms with Gasteiger partial charge in [-0.15, -0.1) is 0 Å². The van der Waals surface area contributed by atoms with Crippen LogP contribution in [0.25, 0.3) is 5.57 Å². The normalized spacial score (nSPS) is 22.4. The zero-order chi connectivity index (χ0) is 18.9. The maximum atomic E-state index is 9.95. The zero-order valence-electron chi connectivity index (χ0n) is 16.6. The van der Waals surface area contributed by atoms with Gasteiger partial charge in [0.15, 0.2) is 8.32 Å². The van der Waals surface area contributed by atoms with Gasteiger partial charge in [-0.25, -0.2) is 0 Å². The minimum Gasteiger partial charge on any atom is -0.416 e. The molecule has 0 saturated heterocycles. The van der Waals surface area contributed by atoms with Crippen LogP contribution in [0, 0.1) is 5.41 Å². The van der Waals surface area contributed by atoms with Crippen LogP contribution in [0.15, 0.2) is 29.8 Å². The van der Waals surface area contributed by atoms with Gasteiger partial charge in [-0.1, -0.05) is 51.4 Å². The van der Waals surface area contributed by atoms with E-state index < -0.39 is 8.32 Å². The lowest BCUT2D eigenvalue weighted by Crippen LogP contribution is -2.44. The summed E-state index contributed by atoms with van der Waals surface area (Å²) in [5.74, 6) is 0. The van der Waals surface area contributed by atoms with E-state index >= 15 is 0 Å². The molecule has 140 valence electrons. The average Bonchev–Trinajstić information content (AvgIpc) is 2.53. The highest BCUT2D eigenvalue weighted by molar-refractivity contribution is 6.74. The Hall–Kier alpha value is -0.613. The smallest absolute Gasteiger partial charge is 0.192 e. The quantitative estimate of drug-likeness (QED) is 0.607. The Morgan fingerprint density at radius 2 is 1.80 bits per heavy atom. The van der Waals surface area contributed by atoms with Crippen LogP contribution >= 0.6 is 11.6 Å². The van der Waals surface area contributed by atoms with Gasteiger partial charge in [0.05, 0.1) is 6.61 Å². The van der Waals surface area contributed by atoms with Crippen molar-refractivity contribution in [1.29, 1.82) is 0 Å². The summed E-state index contributed by atoms with van der Waals surface area (Å²) in [6.45, 7) is 14.6. The van der Waals surface area contributed by atoms with E-state index in [1.807, 2.05) is 12.1 Å². The van der Waals surface area contributed by atoms with E-state index in [2.05, 4.69) is 52.9 Å². The van der Waals surface area contributed by atoms with E-state index in [1.54, 1.807) is 0 Å². The van der Waals surface area contributed by atoms with Crippen molar-refractivity contribution >= 4 is 25.5 Å². The molecule has 0 aliphatic heterocycles. The van der Waals surface area contributed by atoms with Gasteiger partial charge in [0, 0.05) is 11.6 Å². The highest BCUT2D eigenvalue weighted by Gasteiger charge is 2.40. The SMILES string of the molecule is CC1(CO[Si](C)(C)C(C)(C)C)CCC(c2ccc(Cl)cc2)=C(CO)C1. The van der Waals surface area contributed by atoms with E-state index in [1.165, 1.54) is 11.1 Å². The largest absolute Gasteiger partial charge is 0.416 e. The van der Waals surface area contributed by atoms with Crippen LogP contribution in [0.4, 0.5) is 0 Å². The monoisotopic (exact) mass is 380 g/mol. The van der Waals surface area contributed by atoms with Crippen LogP contribution in [0.5, 0.6) is 0 Å². The van der Waals surface area contributed by atoms with Gasteiger partial charge in [-0.3, -0.25) is 0 Å². The van der Waals surface area contributed by atoms with Crippen LogP contribution in [-0.2, 0) is 4.43 Å². The van der Waals surface area contributed by atoms with Crippen molar-refractivity contribution in [2.45, 2.75) is 65.1 Å². The molecule has 25 heavy (non-hydrogen) atoms. The first-order valence-corrected chi connectivity index (χ1v) is 12.5. The predicted octanol–water partition coefficient (Wildman–Crippen LogP) is 6.30. The second-order valence-electron chi connectivity index (χ2n) is 9.28. The van der Waals surface area contributed by atoms with Crippen LogP contribution in [0.1, 0.15) is 52.5 Å². The lowest BCUT2D eigenvalue weighted by Gasteiger charge is -2.42. The Kier molecular flexibility index (Phi) is 6.25. The number of halogens is 1. The number of allylic oxidation sites excluding steroid dienone is 1. The van der Waals surface area contributed by atoms with Gasteiger partial charge >= 0.3 is 0 Å². The molecule has 0 heterocycles. The van der Waals surface area contributed by atoms with Crippen molar-refractivity contribution in [3.8, 4) is 0 Å². The third-order valence-corrected chi connectivity index (χ3v) is 10.7. The number of aliphatic hydroxyl groups excluding tert-OH is 1. The van der Waals surface area contributed by atoms with Crippen molar-refractivity contribution in [2.24, 2.45) is 5.41 Å². The number of hydrogen-bond donors (Lipinski definition) is 1. The molecule has 0 aromatic heterocycles. The molecule has 0 bridgehead atoms. The Labute approximate surface area is 159 Å². The summed E-state index contributed by atoms with van der Waals surface area (Å²) in [5.41, 5.74) is 3.71. The minimum atomic E-state index is -1.75. The predicted molar refractivity (Wildman–Crippen MR) is 111 cm³/mol. The molecule has 1 N–H and O–H groups in total. The fourth-order valence-corrected chi connectivity index (χ4v) is 4.43. The first-order valence-electron chi connectivity index (χ1n) is 9.19. The second kappa shape index (κ2) is 7.56. The molecular weight excluding hydrogens is 348 g/mol. The van der Waals surface area contributed by atoms with E-state index in [9.17, 15) is 5.11 Å². The van der Waals surface area contributed by atoms with Crippen molar-refractivity contribution in [3.05, 3.63) is 40.4 Å².